The number of aromatic hydroxyl groups is 1. The van der Waals surface area contributed by atoms with E-state index in [1.807, 2.05) is 48.5 Å². The number of hydrogen-bond acceptors (Lipinski definition) is 6. The maximum absolute atomic E-state index is 10.4. The normalized spacial score (nSPS) is 15.1. The zero-order valence-electron chi connectivity index (χ0n) is 16.0. The van der Waals surface area contributed by atoms with Crippen molar-refractivity contribution in [2.24, 2.45) is 0 Å². The molecular weight excluding hydrogens is 364 g/mol. The molecule has 0 saturated carbocycles. The van der Waals surface area contributed by atoms with Gasteiger partial charge in [-0.15, -0.1) is 0 Å². The summed E-state index contributed by atoms with van der Waals surface area (Å²) in [6.45, 7) is 4.15. The Morgan fingerprint density at radius 3 is 2.41 bits per heavy atom. The van der Waals surface area contributed by atoms with Gasteiger partial charge in [0.05, 0.1) is 5.69 Å². The van der Waals surface area contributed by atoms with Gasteiger partial charge in [-0.1, -0.05) is 53.6 Å². The molecule has 1 saturated heterocycles. The second-order valence-corrected chi connectivity index (χ2v) is 7.27. The number of benzene rings is 3. The summed E-state index contributed by atoms with van der Waals surface area (Å²) in [4.78, 5) is 4.58. The molecule has 0 spiro atoms. The van der Waals surface area contributed by atoms with E-state index in [2.05, 4.69) is 37.5 Å². The quantitative estimate of drug-likeness (QED) is 0.582. The third-order valence-corrected chi connectivity index (χ3v) is 5.51. The van der Waals surface area contributed by atoms with E-state index < -0.39 is 0 Å². The minimum absolute atomic E-state index is 0.360. The maximum Gasteiger partial charge on any atom is 0.250 e. The van der Waals surface area contributed by atoms with Crippen molar-refractivity contribution < 1.29 is 5.11 Å². The minimum Gasteiger partial charge on any atom is -0.508 e. The fourth-order valence-corrected chi connectivity index (χ4v) is 3.94. The summed E-state index contributed by atoms with van der Waals surface area (Å²) < 4.78 is 1.78. The molecule has 7 heteroatoms. The summed E-state index contributed by atoms with van der Waals surface area (Å²) in [5.74, 6) is 1.13. The zero-order valence-corrected chi connectivity index (χ0v) is 16.0. The van der Waals surface area contributed by atoms with Gasteiger partial charge in [0.2, 0.25) is 5.95 Å². The van der Waals surface area contributed by atoms with E-state index >= 15 is 0 Å². The first-order valence-electron chi connectivity index (χ1n) is 9.80. The van der Waals surface area contributed by atoms with Crippen LogP contribution < -0.4 is 4.90 Å². The van der Waals surface area contributed by atoms with Gasteiger partial charge in [-0.3, -0.25) is 4.90 Å². The molecule has 4 aromatic rings. The van der Waals surface area contributed by atoms with Crippen LogP contribution in [0.1, 0.15) is 5.56 Å². The number of fused-ring (bicyclic) bond motifs is 1. The van der Waals surface area contributed by atoms with Crippen LogP contribution in [0.25, 0.3) is 16.5 Å². The van der Waals surface area contributed by atoms with Gasteiger partial charge in [-0.2, -0.15) is 4.68 Å². The monoisotopic (exact) mass is 386 g/mol. The van der Waals surface area contributed by atoms with Gasteiger partial charge in [0.25, 0.3) is 0 Å². The van der Waals surface area contributed by atoms with E-state index in [9.17, 15) is 5.11 Å². The fourth-order valence-electron chi connectivity index (χ4n) is 3.94. The van der Waals surface area contributed by atoms with Crippen LogP contribution in [0.15, 0.2) is 66.7 Å². The van der Waals surface area contributed by atoms with Gasteiger partial charge in [0, 0.05) is 38.3 Å². The van der Waals surface area contributed by atoms with Crippen LogP contribution in [-0.4, -0.2) is 56.4 Å². The van der Waals surface area contributed by atoms with Crippen LogP contribution >= 0.6 is 0 Å². The fraction of sp³-hybridized carbons (Fsp3) is 0.227. The highest BCUT2D eigenvalue weighted by Gasteiger charge is 2.23. The molecule has 0 amide bonds. The second-order valence-electron chi connectivity index (χ2n) is 7.27. The lowest BCUT2D eigenvalue weighted by Gasteiger charge is -2.35. The summed E-state index contributed by atoms with van der Waals surface area (Å²) in [5.41, 5.74) is 1.95. The zero-order chi connectivity index (χ0) is 19.6. The largest absolute Gasteiger partial charge is 0.508 e. The average molecular weight is 386 g/mol. The van der Waals surface area contributed by atoms with Gasteiger partial charge < -0.3 is 10.0 Å². The Balaban J connectivity index is 1.31. The molecule has 3 aromatic carbocycles. The third kappa shape index (κ3) is 3.40. The number of phenols is 1. The standard InChI is InChI=1S/C22H22N6O/c29-21-11-10-17-6-4-5-9-19(17)20(21)16-26-12-14-27(15-13-26)22-23-24-25-28(22)18-7-2-1-3-8-18/h1-11,29H,12-16H2. The van der Waals surface area contributed by atoms with Crippen LogP contribution in [0.4, 0.5) is 5.95 Å². The predicted octanol–water partition coefficient (Wildman–Crippen LogP) is 2.84. The van der Waals surface area contributed by atoms with E-state index in [0.717, 1.165) is 60.7 Å². The van der Waals surface area contributed by atoms with Crippen LogP contribution in [0.5, 0.6) is 5.75 Å². The molecule has 0 unspecified atom stereocenters. The Morgan fingerprint density at radius 2 is 1.59 bits per heavy atom. The number of phenolic OH excluding ortho intramolecular Hbond substituents is 1. The first kappa shape index (κ1) is 17.6. The SMILES string of the molecule is Oc1ccc2ccccc2c1CN1CCN(c2nnnn2-c2ccccc2)CC1. The van der Waals surface area contributed by atoms with E-state index in [1.54, 1.807) is 10.7 Å². The Morgan fingerprint density at radius 1 is 0.828 bits per heavy atom. The van der Waals surface area contributed by atoms with Crippen molar-refractivity contribution in [1.82, 2.24) is 25.1 Å². The molecule has 146 valence electrons. The molecule has 0 aliphatic carbocycles. The maximum atomic E-state index is 10.4. The summed E-state index contributed by atoms with van der Waals surface area (Å²) >= 11 is 0. The molecule has 5 rings (SSSR count). The molecular formula is C22H22N6O. The number of tetrazole rings is 1. The summed E-state index contributed by atoms with van der Waals surface area (Å²) in [5, 5.41) is 25.0. The topological polar surface area (TPSA) is 70.3 Å². The van der Waals surface area contributed by atoms with Crippen LogP contribution in [-0.2, 0) is 6.54 Å². The summed E-state index contributed by atoms with van der Waals surface area (Å²) in [6, 6.07) is 21.9. The molecule has 2 heterocycles. The highest BCUT2D eigenvalue weighted by Crippen LogP contribution is 2.29. The van der Waals surface area contributed by atoms with Crippen molar-refractivity contribution in [3.63, 3.8) is 0 Å². The van der Waals surface area contributed by atoms with E-state index in [1.165, 1.54) is 0 Å². The van der Waals surface area contributed by atoms with Crippen LogP contribution in [0, 0.1) is 0 Å². The highest BCUT2D eigenvalue weighted by molar-refractivity contribution is 5.87. The molecule has 1 aliphatic heterocycles. The minimum atomic E-state index is 0.360. The Kier molecular flexibility index (Phi) is 4.57. The lowest BCUT2D eigenvalue weighted by Crippen LogP contribution is -2.46. The lowest BCUT2D eigenvalue weighted by atomic mass is 10.0. The molecule has 1 fully saturated rings. The molecule has 1 N–H and O–H groups in total. The van der Waals surface area contributed by atoms with Crippen molar-refractivity contribution in [2.75, 3.05) is 31.1 Å². The van der Waals surface area contributed by atoms with Crippen molar-refractivity contribution in [1.29, 1.82) is 0 Å². The van der Waals surface area contributed by atoms with Crippen molar-refractivity contribution in [3.8, 4) is 11.4 Å². The first-order chi connectivity index (χ1) is 14.3. The van der Waals surface area contributed by atoms with Gasteiger partial charge in [-0.05, 0) is 39.4 Å². The van der Waals surface area contributed by atoms with Gasteiger partial charge in [0.15, 0.2) is 0 Å². The summed E-state index contributed by atoms with van der Waals surface area (Å²) in [6.07, 6.45) is 0. The van der Waals surface area contributed by atoms with E-state index in [-0.39, 0.29) is 0 Å². The number of aromatic nitrogens is 4. The predicted molar refractivity (Wildman–Crippen MR) is 112 cm³/mol. The van der Waals surface area contributed by atoms with Crippen LogP contribution in [0.3, 0.4) is 0 Å². The molecule has 1 aromatic heterocycles. The van der Waals surface area contributed by atoms with Gasteiger partial charge >= 0.3 is 0 Å². The number of rotatable bonds is 4. The molecule has 0 bridgehead atoms. The summed E-state index contributed by atoms with van der Waals surface area (Å²) in [7, 11) is 0. The third-order valence-electron chi connectivity index (χ3n) is 5.51. The number of nitrogens with zero attached hydrogens (tertiary/aromatic N) is 6. The number of piperazine rings is 1. The van der Waals surface area contributed by atoms with E-state index in [4.69, 9.17) is 0 Å². The van der Waals surface area contributed by atoms with Gasteiger partial charge in [0.1, 0.15) is 5.75 Å². The molecule has 0 radical (unpaired) electrons. The second kappa shape index (κ2) is 7.52. The molecule has 0 atom stereocenters. The Labute approximate surface area is 168 Å². The van der Waals surface area contributed by atoms with Crippen molar-refractivity contribution in [3.05, 3.63) is 72.3 Å². The smallest absolute Gasteiger partial charge is 0.250 e. The molecule has 1 aliphatic rings. The first-order valence-corrected chi connectivity index (χ1v) is 9.80. The number of hydrogen-bond donors (Lipinski definition) is 1. The van der Waals surface area contributed by atoms with Crippen molar-refractivity contribution in [2.45, 2.75) is 6.54 Å². The van der Waals surface area contributed by atoms with Gasteiger partial charge in [-0.25, -0.2) is 0 Å². The lowest BCUT2D eigenvalue weighted by molar-refractivity contribution is 0.246. The number of anilines is 1. The molecule has 29 heavy (non-hydrogen) atoms. The highest BCUT2D eigenvalue weighted by atomic mass is 16.3. The van der Waals surface area contributed by atoms with Crippen molar-refractivity contribution >= 4 is 16.7 Å². The average Bonchev–Trinajstić information content (AvgIpc) is 3.27. The van der Waals surface area contributed by atoms with E-state index in [0.29, 0.717) is 5.75 Å². The molecule has 7 nitrogen and oxygen atoms in total. The Hall–Kier alpha value is -3.45. The number of para-hydroxylation sites is 1. The van der Waals surface area contributed by atoms with Crippen LogP contribution in [0.2, 0.25) is 0 Å². The Bertz CT molecular complexity index is 1120.